The molecule has 0 aliphatic heterocycles. The maximum absolute atomic E-state index is 13.1. The summed E-state index contributed by atoms with van der Waals surface area (Å²) in [6.07, 6.45) is 1.44. The molecule has 3 aromatic rings. The summed E-state index contributed by atoms with van der Waals surface area (Å²) in [6.45, 7) is 0. The molecule has 19 heavy (non-hydrogen) atoms. The summed E-state index contributed by atoms with van der Waals surface area (Å²) >= 11 is 9.12. The highest BCUT2D eigenvalue weighted by Crippen LogP contribution is 2.25. The van der Waals surface area contributed by atoms with Crippen molar-refractivity contribution in [2.45, 2.75) is 0 Å². The fourth-order valence-corrected chi connectivity index (χ4v) is 2.30. The van der Waals surface area contributed by atoms with Crippen LogP contribution >= 0.6 is 27.5 Å². The zero-order valence-electron chi connectivity index (χ0n) is 9.44. The molecule has 7 heteroatoms. The Bertz CT molecular complexity index is 759. The van der Waals surface area contributed by atoms with Crippen molar-refractivity contribution in [3.05, 3.63) is 52.1 Å². The molecule has 0 amide bonds. The second kappa shape index (κ2) is 4.79. The molecule has 1 N–H and O–H groups in total. The van der Waals surface area contributed by atoms with Gasteiger partial charge in [0.1, 0.15) is 22.3 Å². The summed E-state index contributed by atoms with van der Waals surface area (Å²) in [5.74, 6) is 0.161. The van der Waals surface area contributed by atoms with Crippen molar-refractivity contribution in [2.75, 3.05) is 5.32 Å². The third kappa shape index (κ3) is 2.29. The first kappa shape index (κ1) is 12.4. The number of benzene rings is 1. The van der Waals surface area contributed by atoms with Crippen LogP contribution < -0.4 is 5.32 Å². The third-order valence-electron chi connectivity index (χ3n) is 2.59. The van der Waals surface area contributed by atoms with Gasteiger partial charge in [-0.1, -0.05) is 11.6 Å². The van der Waals surface area contributed by atoms with Crippen LogP contribution in [0.3, 0.4) is 0 Å². The van der Waals surface area contributed by atoms with Crippen molar-refractivity contribution in [3.63, 3.8) is 0 Å². The number of hydrogen-bond donors (Lipinski definition) is 1. The van der Waals surface area contributed by atoms with Gasteiger partial charge in [-0.05, 0) is 46.3 Å². The van der Waals surface area contributed by atoms with E-state index in [2.05, 4.69) is 31.3 Å². The monoisotopic (exact) mass is 340 g/mol. The van der Waals surface area contributed by atoms with Crippen LogP contribution in [-0.2, 0) is 0 Å². The molecule has 4 nitrogen and oxygen atoms in total. The van der Waals surface area contributed by atoms with Gasteiger partial charge in [-0.2, -0.15) is 5.10 Å². The molecule has 0 saturated heterocycles. The Balaban J connectivity index is 2.03. The number of aromatic nitrogens is 3. The number of fused-ring (bicyclic) bond motifs is 1. The van der Waals surface area contributed by atoms with Gasteiger partial charge >= 0.3 is 0 Å². The summed E-state index contributed by atoms with van der Waals surface area (Å²) in [5, 5.41) is 7.25. The Morgan fingerprint density at radius 1 is 1.26 bits per heavy atom. The van der Waals surface area contributed by atoms with Crippen molar-refractivity contribution in [1.82, 2.24) is 14.6 Å². The molecule has 0 unspecified atom stereocenters. The largest absolute Gasteiger partial charge is 0.338 e. The molecule has 0 fully saturated rings. The van der Waals surface area contributed by atoms with Gasteiger partial charge in [0.2, 0.25) is 0 Å². The van der Waals surface area contributed by atoms with Gasteiger partial charge in [0.15, 0.2) is 5.82 Å². The lowest BCUT2D eigenvalue weighted by Gasteiger charge is -2.07. The van der Waals surface area contributed by atoms with Gasteiger partial charge in [-0.3, -0.25) is 0 Å². The summed E-state index contributed by atoms with van der Waals surface area (Å²) in [6, 6.07) is 8.15. The Hall–Kier alpha value is -1.66. The highest BCUT2D eigenvalue weighted by atomic mass is 79.9. The predicted octanol–water partition coefficient (Wildman–Crippen LogP) is 4.03. The normalized spacial score (nSPS) is 10.9. The van der Waals surface area contributed by atoms with Crippen molar-refractivity contribution in [3.8, 4) is 0 Å². The lowest BCUT2D eigenvalue weighted by atomic mass is 10.3. The lowest BCUT2D eigenvalue weighted by Crippen LogP contribution is -2.00. The third-order valence-corrected chi connectivity index (χ3v) is 3.48. The average molecular weight is 342 g/mol. The van der Waals surface area contributed by atoms with Crippen LogP contribution in [0.4, 0.5) is 15.9 Å². The molecule has 0 radical (unpaired) electrons. The Kier molecular flexibility index (Phi) is 3.12. The summed E-state index contributed by atoms with van der Waals surface area (Å²) < 4.78 is 15.6. The van der Waals surface area contributed by atoms with E-state index in [-0.39, 0.29) is 5.02 Å². The molecule has 0 spiro atoms. The van der Waals surface area contributed by atoms with Gasteiger partial charge in [0.25, 0.3) is 0 Å². The summed E-state index contributed by atoms with van der Waals surface area (Å²) in [7, 11) is 0. The molecule has 0 bridgehead atoms. The van der Waals surface area contributed by atoms with E-state index in [4.69, 9.17) is 11.6 Å². The fourth-order valence-electron chi connectivity index (χ4n) is 1.71. The van der Waals surface area contributed by atoms with E-state index in [1.165, 1.54) is 18.5 Å². The van der Waals surface area contributed by atoms with E-state index < -0.39 is 5.82 Å². The van der Waals surface area contributed by atoms with E-state index in [0.717, 1.165) is 10.1 Å². The van der Waals surface area contributed by atoms with E-state index in [1.54, 1.807) is 10.6 Å². The zero-order chi connectivity index (χ0) is 13.4. The SMILES string of the molecule is Fc1ccc(Nc2ncnn3c(Br)ccc23)cc1Cl. The Morgan fingerprint density at radius 3 is 2.89 bits per heavy atom. The second-order valence-electron chi connectivity index (χ2n) is 3.82. The van der Waals surface area contributed by atoms with Crippen LogP contribution in [0.25, 0.3) is 5.52 Å². The van der Waals surface area contributed by atoms with Gasteiger partial charge in [0.05, 0.1) is 5.02 Å². The van der Waals surface area contributed by atoms with E-state index in [0.29, 0.717) is 11.5 Å². The van der Waals surface area contributed by atoms with Gasteiger partial charge in [-0.25, -0.2) is 13.9 Å². The van der Waals surface area contributed by atoms with Crippen LogP contribution in [0.1, 0.15) is 0 Å². The first-order valence-corrected chi connectivity index (χ1v) is 6.52. The number of nitrogens with zero attached hydrogens (tertiary/aromatic N) is 3. The minimum Gasteiger partial charge on any atom is -0.338 e. The van der Waals surface area contributed by atoms with Gasteiger partial charge < -0.3 is 5.32 Å². The molecule has 3 rings (SSSR count). The number of nitrogens with one attached hydrogen (secondary N) is 1. The van der Waals surface area contributed by atoms with Crippen molar-refractivity contribution >= 4 is 44.6 Å². The molecule has 2 aromatic heterocycles. The number of hydrogen-bond acceptors (Lipinski definition) is 3. The van der Waals surface area contributed by atoms with Crippen LogP contribution in [0.15, 0.2) is 41.3 Å². The number of anilines is 2. The summed E-state index contributed by atoms with van der Waals surface area (Å²) in [5.41, 5.74) is 1.46. The smallest absolute Gasteiger partial charge is 0.158 e. The molecule has 0 saturated carbocycles. The zero-order valence-corrected chi connectivity index (χ0v) is 11.8. The topological polar surface area (TPSA) is 42.2 Å². The number of rotatable bonds is 2. The van der Waals surface area contributed by atoms with Crippen LogP contribution in [0.5, 0.6) is 0 Å². The van der Waals surface area contributed by atoms with E-state index >= 15 is 0 Å². The van der Waals surface area contributed by atoms with Crippen molar-refractivity contribution in [1.29, 1.82) is 0 Å². The average Bonchev–Trinajstić information content (AvgIpc) is 2.77. The second-order valence-corrected chi connectivity index (χ2v) is 5.04. The standard InChI is InChI=1S/C12H7BrClFN4/c13-11-4-3-10-12(16-6-17-19(10)11)18-7-1-2-9(15)8(14)5-7/h1-6H,(H,16,17,18). The highest BCUT2D eigenvalue weighted by molar-refractivity contribution is 9.10. The van der Waals surface area contributed by atoms with Crippen LogP contribution in [0, 0.1) is 5.82 Å². The molecule has 0 atom stereocenters. The van der Waals surface area contributed by atoms with Gasteiger partial charge in [0, 0.05) is 5.69 Å². The Labute approximate surface area is 121 Å². The van der Waals surface area contributed by atoms with E-state index in [9.17, 15) is 4.39 Å². The summed E-state index contributed by atoms with van der Waals surface area (Å²) in [4.78, 5) is 4.17. The number of halogens is 3. The fraction of sp³-hybridized carbons (Fsp3) is 0. The Morgan fingerprint density at radius 2 is 2.11 bits per heavy atom. The van der Waals surface area contributed by atoms with Crippen LogP contribution in [0.2, 0.25) is 5.02 Å². The van der Waals surface area contributed by atoms with E-state index in [1.807, 2.05) is 12.1 Å². The maximum Gasteiger partial charge on any atom is 0.158 e. The maximum atomic E-state index is 13.1. The molecular formula is C12H7BrClFN4. The molecule has 1 aromatic carbocycles. The van der Waals surface area contributed by atoms with Crippen molar-refractivity contribution in [2.24, 2.45) is 0 Å². The quantitative estimate of drug-likeness (QED) is 0.765. The minimum atomic E-state index is -0.453. The molecule has 96 valence electrons. The van der Waals surface area contributed by atoms with Crippen molar-refractivity contribution < 1.29 is 4.39 Å². The minimum absolute atomic E-state index is 0.0617. The highest BCUT2D eigenvalue weighted by Gasteiger charge is 2.08. The molecule has 0 aliphatic carbocycles. The first-order chi connectivity index (χ1) is 9.15. The van der Waals surface area contributed by atoms with Crippen LogP contribution in [-0.4, -0.2) is 14.6 Å². The predicted molar refractivity (Wildman–Crippen MR) is 75.4 cm³/mol. The van der Waals surface area contributed by atoms with Gasteiger partial charge in [-0.15, -0.1) is 0 Å². The lowest BCUT2D eigenvalue weighted by molar-refractivity contribution is 0.628. The molecular weight excluding hydrogens is 335 g/mol. The first-order valence-electron chi connectivity index (χ1n) is 5.35. The molecule has 0 aliphatic rings. The molecule has 2 heterocycles.